The molecule has 0 radical (unpaired) electrons. The average molecular weight is 528 g/mol. The highest BCUT2D eigenvalue weighted by molar-refractivity contribution is 7.25. The minimum absolute atomic E-state index is 0.848. The maximum Gasteiger partial charge on any atom is 0.165 e. The Hall–Kier alpha value is -5.06. The molecule has 9 aromatic rings. The lowest BCUT2D eigenvalue weighted by Crippen LogP contribution is -2.03. The Balaban J connectivity index is 1.50. The molecule has 0 N–H and O–H groups in total. The number of rotatable bonds is 2. The molecule has 0 spiro atoms. The van der Waals surface area contributed by atoms with Crippen molar-refractivity contribution in [1.82, 2.24) is 14.5 Å². The second kappa shape index (κ2) is 8.22. The summed E-state index contributed by atoms with van der Waals surface area (Å²) in [6.07, 6.45) is 0. The van der Waals surface area contributed by atoms with Crippen LogP contribution < -0.4 is 0 Å². The third-order valence-corrected chi connectivity index (χ3v) is 9.08. The van der Waals surface area contributed by atoms with Crippen LogP contribution in [0.5, 0.6) is 0 Å². The maximum absolute atomic E-state index is 5.30. The van der Waals surface area contributed by atoms with Crippen LogP contribution in [0.1, 0.15) is 0 Å². The molecule has 0 unspecified atom stereocenters. The molecule has 0 bridgehead atoms. The van der Waals surface area contributed by atoms with E-state index >= 15 is 0 Å². The van der Waals surface area contributed by atoms with Crippen LogP contribution in [0.4, 0.5) is 0 Å². The molecule has 0 fully saturated rings. The molecule has 4 heteroatoms. The first-order valence-corrected chi connectivity index (χ1v) is 14.2. The first-order valence-electron chi connectivity index (χ1n) is 13.4. The summed E-state index contributed by atoms with van der Waals surface area (Å²) in [7, 11) is 0. The zero-order valence-corrected chi connectivity index (χ0v) is 22.2. The Kier molecular flexibility index (Phi) is 4.48. The number of thiophene rings is 1. The summed E-state index contributed by atoms with van der Waals surface area (Å²) in [4.78, 5) is 10.5. The first-order chi connectivity index (χ1) is 19.8. The van der Waals surface area contributed by atoms with E-state index in [1.165, 1.54) is 41.7 Å². The lowest BCUT2D eigenvalue weighted by atomic mass is 10.0. The zero-order valence-electron chi connectivity index (χ0n) is 21.4. The molecular formula is C36H21N3S. The van der Waals surface area contributed by atoms with Gasteiger partial charge in [0.15, 0.2) is 5.82 Å². The fourth-order valence-electron chi connectivity index (χ4n) is 6.08. The molecule has 0 saturated carbocycles. The van der Waals surface area contributed by atoms with E-state index < -0.39 is 0 Å². The predicted octanol–water partition coefficient (Wildman–Crippen LogP) is 9.91. The van der Waals surface area contributed by atoms with Crippen LogP contribution in [0.3, 0.4) is 0 Å². The molecule has 0 aliphatic heterocycles. The zero-order chi connectivity index (χ0) is 26.2. The van der Waals surface area contributed by atoms with E-state index in [-0.39, 0.29) is 0 Å². The third kappa shape index (κ3) is 3.11. The van der Waals surface area contributed by atoms with E-state index in [2.05, 4.69) is 102 Å². The maximum atomic E-state index is 5.30. The smallest absolute Gasteiger partial charge is 0.165 e. The molecule has 3 nitrogen and oxygen atoms in total. The van der Waals surface area contributed by atoms with Crippen LogP contribution in [0.15, 0.2) is 127 Å². The number of hydrogen-bond acceptors (Lipinski definition) is 3. The normalized spacial score (nSPS) is 12.0. The summed E-state index contributed by atoms with van der Waals surface area (Å²) in [6, 6.07) is 45.2. The van der Waals surface area contributed by atoms with Crippen LogP contribution in [0.2, 0.25) is 0 Å². The van der Waals surface area contributed by atoms with Crippen molar-refractivity contribution in [3.8, 4) is 17.1 Å². The van der Waals surface area contributed by atoms with Gasteiger partial charge in [0.1, 0.15) is 5.69 Å². The van der Waals surface area contributed by atoms with Crippen molar-refractivity contribution in [1.29, 1.82) is 0 Å². The van der Waals surface area contributed by atoms with Gasteiger partial charge >= 0.3 is 0 Å². The van der Waals surface area contributed by atoms with Gasteiger partial charge in [-0.05, 0) is 53.2 Å². The Morgan fingerprint density at radius 1 is 0.475 bits per heavy atom. The SMILES string of the molecule is c1ccc(-c2nc3ccccc3nc2-n2c3cc4ccccc4cc3c3cc4c(cc32)sc2ccccc24)cc1. The van der Waals surface area contributed by atoms with Crippen LogP contribution >= 0.6 is 11.3 Å². The number of hydrogen-bond donors (Lipinski definition) is 0. The van der Waals surface area contributed by atoms with Crippen molar-refractivity contribution in [2.75, 3.05) is 0 Å². The van der Waals surface area contributed by atoms with Crippen molar-refractivity contribution in [2.45, 2.75) is 0 Å². The molecule has 40 heavy (non-hydrogen) atoms. The topological polar surface area (TPSA) is 30.7 Å². The van der Waals surface area contributed by atoms with E-state index in [9.17, 15) is 0 Å². The summed E-state index contributed by atoms with van der Waals surface area (Å²) >= 11 is 1.85. The van der Waals surface area contributed by atoms with Crippen LogP contribution in [0.25, 0.3) is 80.9 Å². The predicted molar refractivity (Wildman–Crippen MR) is 170 cm³/mol. The van der Waals surface area contributed by atoms with Gasteiger partial charge in [-0.25, -0.2) is 9.97 Å². The van der Waals surface area contributed by atoms with E-state index in [1.807, 2.05) is 41.7 Å². The third-order valence-electron chi connectivity index (χ3n) is 7.94. The number of nitrogens with zero attached hydrogens (tertiary/aromatic N) is 3. The van der Waals surface area contributed by atoms with Crippen molar-refractivity contribution in [3.63, 3.8) is 0 Å². The largest absolute Gasteiger partial charge is 0.292 e. The minimum Gasteiger partial charge on any atom is -0.292 e. The Bertz CT molecular complexity index is 2430. The summed E-state index contributed by atoms with van der Waals surface area (Å²) in [6.45, 7) is 0. The van der Waals surface area contributed by atoms with Gasteiger partial charge in [0.2, 0.25) is 0 Å². The fraction of sp³-hybridized carbons (Fsp3) is 0. The Labute approximate surface area is 233 Å². The van der Waals surface area contributed by atoms with E-state index in [0.29, 0.717) is 0 Å². The number of fused-ring (bicyclic) bond motifs is 8. The highest BCUT2D eigenvalue weighted by Crippen LogP contribution is 2.42. The quantitative estimate of drug-likeness (QED) is 0.224. The summed E-state index contributed by atoms with van der Waals surface area (Å²) < 4.78 is 4.92. The second-order valence-corrected chi connectivity index (χ2v) is 11.3. The first kappa shape index (κ1) is 21.8. The summed E-state index contributed by atoms with van der Waals surface area (Å²) in [5.41, 5.74) is 5.99. The van der Waals surface area contributed by atoms with Crippen molar-refractivity contribution >= 4 is 75.1 Å². The van der Waals surface area contributed by atoms with Gasteiger partial charge in [0.25, 0.3) is 0 Å². The number of benzene rings is 6. The van der Waals surface area contributed by atoms with Crippen molar-refractivity contribution in [3.05, 3.63) is 127 Å². The summed E-state index contributed by atoms with van der Waals surface area (Å²) in [5, 5.41) is 7.50. The standard InChI is InChI=1S/C36H21N3S/c1-2-10-22(11-3-1)35-36(38-30-16-8-7-15-29(30)37-35)39-31-19-24-13-5-4-12-23(24)18-26(31)27-20-28-25-14-6-9-17-33(25)40-34(28)21-32(27)39/h1-21H. The molecule has 0 amide bonds. The Morgan fingerprint density at radius 2 is 1.12 bits per heavy atom. The molecular weight excluding hydrogens is 506 g/mol. The molecule has 0 atom stereocenters. The molecule has 0 aliphatic carbocycles. The lowest BCUT2D eigenvalue weighted by molar-refractivity contribution is 1.08. The van der Waals surface area contributed by atoms with E-state index in [4.69, 9.17) is 9.97 Å². The van der Waals surface area contributed by atoms with Gasteiger partial charge < -0.3 is 0 Å². The van der Waals surface area contributed by atoms with Crippen molar-refractivity contribution in [2.24, 2.45) is 0 Å². The van der Waals surface area contributed by atoms with Gasteiger partial charge in [0, 0.05) is 36.5 Å². The molecule has 3 aromatic heterocycles. The monoisotopic (exact) mass is 527 g/mol. The molecule has 3 heterocycles. The van der Waals surface area contributed by atoms with Gasteiger partial charge in [-0.1, -0.05) is 84.9 Å². The highest BCUT2D eigenvalue weighted by Gasteiger charge is 2.21. The van der Waals surface area contributed by atoms with Crippen LogP contribution in [0, 0.1) is 0 Å². The molecule has 0 saturated heterocycles. The van der Waals surface area contributed by atoms with Crippen LogP contribution in [-0.4, -0.2) is 14.5 Å². The highest BCUT2D eigenvalue weighted by atomic mass is 32.1. The van der Waals surface area contributed by atoms with Crippen LogP contribution in [-0.2, 0) is 0 Å². The average Bonchev–Trinajstić information content (AvgIpc) is 3.52. The van der Waals surface area contributed by atoms with Gasteiger partial charge in [-0.15, -0.1) is 11.3 Å². The van der Waals surface area contributed by atoms with E-state index in [0.717, 1.165) is 39.1 Å². The molecule has 6 aromatic carbocycles. The molecule has 186 valence electrons. The number of para-hydroxylation sites is 2. The van der Waals surface area contributed by atoms with E-state index in [1.54, 1.807) is 0 Å². The minimum atomic E-state index is 0.848. The Morgan fingerprint density at radius 3 is 1.98 bits per heavy atom. The van der Waals surface area contributed by atoms with Gasteiger partial charge in [-0.2, -0.15) is 0 Å². The number of aromatic nitrogens is 3. The van der Waals surface area contributed by atoms with Gasteiger partial charge in [0.05, 0.1) is 22.1 Å². The summed E-state index contributed by atoms with van der Waals surface area (Å²) in [5.74, 6) is 0.848. The molecule has 0 aliphatic rings. The fourth-order valence-corrected chi connectivity index (χ4v) is 7.21. The van der Waals surface area contributed by atoms with Gasteiger partial charge in [-0.3, -0.25) is 4.57 Å². The second-order valence-electron chi connectivity index (χ2n) is 10.3. The molecule has 9 rings (SSSR count). The lowest BCUT2D eigenvalue weighted by Gasteiger charge is -2.14. The van der Waals surface area contributed by atoms with Crippen molar-refractivity contribution < 1.29 is 0 Å².